The number of rotatable bonds is 7. The van der Waals surface area contributed by atoms with E-state index >= 15 is 0 Å². The first-order valence-corrected chi connectivity index (χ1v) is 9.32. The number of hydrogen-bond donors (Lipinski definition) is 2. The van der Waals surface area contributed by atoms with Gasteiger partial charge in [-0.1, -0.05) is 48.0 Å². The van der Waals surface area contributed by atoms with E-state index in [1.807, 2.05) is 6.92 Å². The van der Waals surface area contributed by atoms with Crippen LogP contribution in [0, 0.1) is 6.92 Å². The van der Waals surface area contributed by atoms with Crippen LogP contribution in [0.25, 0.3) is 0 Å². The van der Waals surface area contributed by atoms with Gasteiger partial charge in [0.25, 0.3) is 0 Å². The van der Waals surface area contributed by atoms with Crippen LogP contribution in [0.1, 0.15) is 24.1 Å². The maximum atomic E-state index is 12.6. The number of aliphatic hydroxyl groups excluding tert-OH is 1. The highest BCUT2D eigenvalue weighted by molar-refractivity contribution is 7.89. The summed E-state index contributed by atoms with van der Waals surface area (Å²) < 4.78 is 32.5. The van der Waals surface area contributed by atoms with Crippen molar-refractivity contribution in [3.63, 3.8) is 0 Å². The van der Waals surface area contributed by atoms with Gasteiger partial charge in [-0.2, -0.15) is 0 Å². The summed E-state index contributed by atoms with van der Waals surface area (Å²) in [6.07, 6.45) is -1.66. The fraction of sp³-hybridized carbons (Fsp3) is 0.278. The predicted octanol–water partition coefficient (Wildman–Crippen LogP) is 1.94. The highest BCUT2D eigenvalue weighted by atomic mass is 32.2. The fourth-order valence-corrected chi connectivity index (χ4v) is 3.52. The van der Waals surface area contributed by atoms with Crippen LogP contribution in [0.4, 0.5) is 0 Å². The zero-order valence-corrected chi connectivity index (χ0v) is 14.9. The molecule has 0 radical (unpaired) electrons. The predicted molar refractivity (Wildman–Crippen MR) is 93.3 cm³/mol. The Morgan fingerprint density at radius 2 is 1.72 bits per heavy atom. The Kier molecular flexibility index (Phi) is 6.30. The van der Waals surface area contributed by atoms with Crippen LogP contribution in [0.15, 0.2) is 59.5 Å². The second-order valence-corrected chi connectivity index (χ2v) is 7.23. The minimum absolute atomic E-state index is 0.0510. The van der Waals surface area contributed by atoms with Crippen molar-refractivity contribution in [2.24, 2.45) is 0 Å². The second-order valence-electron chi connectivity index (χ2n) is 5.52. The molecule has 2 rings (SSSR count). The Hall–Kier alpha value is -2.22. The van der Waals surface area contributed by atoms with Crippen LogP contribution in [0.3, 0.4) is 0 Å². The third-order valence-corrected chi connectivity index (χ3v) is 5.07. The lowest BCUT2D eigenvalue weighted by molar-refractivity contribution is -0.154. The van der Waals surface area contributed by atoms with Gasteiger partial charge in [0.15, 0.2) is 6.10 Å². The van der Waals surface area contributed by atoms with Crippen molar-refractivity contribution in [2.45, 2.75) is 30.9 Å². The lowest BCUT2D eigenvalue weighted by Gasteiger charge is -2.23. The molecule has 0 saturated carbocycles. The van der Waals surface area contributed by atoms with Crippen LogP contribution in [-0.2, 0) is 19.6 Å². The van der Waals surface area contributed by atoms with Gasteiger partial charge in [0.05, 0.1) is 17.5 Å². The molecule has 0 bridgehead atoms. The van der Waals surface area contributed by atoms with Crippen LogP contribution in [0.5, 0.6) is 0 Å². The van der Waals surface area contributed by atoms with Crippen molar-refractivity contribution in [1.82, 2.24) is 4.72 Å². The average molecular weight is 363 g/mol. The maximum absolute atomic E-state index is 12.6. The Morgan fingerprint density at radius 3 is 2.28 bits per heavy atom. The van der Waals surface area contributed by atoms with Gasteiger partial charge in [0, 0.05) is 0 Å². The molecule has 0 aliphatic carbocycles. The number of hydrogen-bond acceptors (Lipinski definition) is 5. The van der Waals surface area contributed by atoms with Crippen molar-refractivity contribution in [3.8, 4) is 0 Å². The van der Waals surface area contributed by atoms with Gasteiger partial charge in [-0.05, 0) is 31.5 Å². The summed E-state index contributed by atoms with van der Waals surface area (Å²) in [5.74, 6) is -0.886. The molecule has 0 unspecified atom stereocenters. The van der Waals surface area contributed by atoms with E-state index in [0.717, 1.165) is 5.56 Å². The summed E-state index contributed by atoms with van der Waals surface area (Å²) in [4.78, 5) is 12.0. The summed E-state index contributed by atoms with van der Waals surface area (Å²) in [6.45, 7) is 3.54. The molecule has 0 aliphatic rings. The molecule has 0 aliphatic heterocycles. The molecule has 0 saturated heterocycles. The lowest BCUT2D eigenvalue weighted by Crippen LogP contribution is -2.41. The standard InChI is InChI=1S/C18H21NO5S/c1-3-24-18(21)17(20)16(14-7-5-4-6-8-14)19-25(22,23)15-11-9-13(2)10-12-15/h4-12,16-17,19-20H,3H2,1-2H3/t16-,17+/m0/s1. The number of carbonyl (C=O) groups is 1. The molecule has 2 aromatic carbocycles. The molecule has 2 atom stereocenters. The first-order valence-electron chi connectivity index (χ1n) is 7.84. The summed E-state index contributed by atoms with van der Waals surface area (Å²) in [5, 5.41) is 10.3. The SMILES string of the molecule is CCOC(=O)[C@H](O)[C@@H](NS(=O)(=O)c1ccc(C)cc1)c1ccccc1. The van der Waals surface area contributed by atoms with E-state index in [1.165, 1.54) is 12.1 Å². The largest absolute Gasteiger partial charge is 0.464 e. The van der Waals surface area contributed by atoms with Gasteiger partial charge in [-0.3, -0.25) is 0 Å². The minimum Gasteiger partial charge on any atom is -0.464 e. The molecule has 0 fully saturated rings. The Balaban J connectivity index is 2.35. The molecule has 0 heterocycles. The van der Waals surface area contributed by atoms with Crippen LogP contribution < -0.4 is 4.72 Å². The van der Waals surface area contributed by atoms with Crippen LogP contribution in [-0.4, -0.2) is 32.2 Å². The molecule has 134 valence electrons. The lowest BCUT2D eigenvalue weighted by atomic mass is 10.0. The summed E-state index contributed by atoms with van der Waals surface area (Å²) in [6, 6.07) is 13.5. The monoisotopic (exact) mass is 363 g/mol. The quantitative estimate of drug-likeness (QED) is 0.734. The fourth-order valence-electron chi connectivity index (χ4n) is 2.29. The van der Waals surface area contributed by atoms with Gasteiger partial charge in [0.1, 0.15) is 0 Å². The molecular formula is C18H21NO5S. The second kappa shape index (κ2) is 8.24. The van der Waals surface area contributed by atoms with Gasteiger partial charge in [-0.25, -0.2) is 17.9 Å². The number of nitrogens with one attached hydrogen (secondary N) is 1. The third-order valence-electron chi connectivity index (χ3n) is 3.62. The molecule has 6 nitrogen and oxygen atoms in total. The topological polar surface area (TPSA) is 92.7 Å². The number of benzene rings is 2. The van der Waals surface area contributed by atoms with Crippen LogP contribution >= 0.6 is 0 Å². The number of carbonyl (C=O) groups excluding carboxylic acids is 1. The third kappa shape index (κ3) is 4.88. The van der Waals surface area contributed by atoms with Gasteiger partial charge < -0.3 is 9.84 Å². The average Bonchev–Trinajstić information content (AvgIpc) is 2.60. The Bertz CT molecular complexity index is 803. The molecule has 25 heavy (non-hydrogen) atoms. The molecule has 0 spiro atoms. The molecule has 0 amide bonds. The van der Waals surface area contributed by atoms with Crippen molar-refractivity contribution >= 4 is 16.0 Å². The molecule has 2 N–H and O–H groups in total. The maximum Gasteiger partial charge on any atom is 0.336 e. The summed E-state index contributed by atoms with van der Waals surface area (Å²) >= 11 is 0. The normalized spacial score (nSPS) is 13.9. The smallest absolute Gasteiger partial charge is 0.336 e. The molecule has 2 aromatic rings. The highest BCUT2D eigenvalue weighted by Gasteiger charge is 2.32. The van der Waals surface area contributed by atoms with Crippen molar-refractivity contribution in [3.05, 3.63) is 65.7 Å². The van der Waals surface area contributed by atoms with E-state index in [2.05, 4.69) is 4.72 Å². The molecule has 0 aromatic heterocycles. The van der Waals surface area contributed by atoms with Crippen LogP contribution in [0.2, 0.25) is 0 Å². The number of ether oxygens (including phenoxy) is 1. The van der Waals surface area contributed by atoms with Gasteiger partial charge >= 0.3 is 5.97 Å². The Labute approximate surface area is 147 Å². The van der Waals surface area contributed by atoms with Crippen molar-refractivity contribution in [2.75, 3.05) is 6.61 Å². The van der Waals surface area contributed by atoms with E-state index in [9.17, 15) is 18.3 Å². The first kappa shape index (κ1) is 19.1. The van der Waals surface area contributed by atoms with Gasteiger partial charge in [-0.15, -0.1) is 0 Å². The van der Waals surface area contributed by atoms with E-state index in [0.29, 0.717) is 5.56 Å². The zero-order valence-electron chi connectivity index (χ0n) is 14.0. The Morgan fingerprint density at radius 1 is 1.12 bits per heavy atom. The first-order chi connectivity index (χ1) is 11.8. The van der Waals surface area contributed by atoms with Crippen molar-refractivity contribution in [1.29, 1.82) is 0 Å². The van der Waals surface area contributed by atoms with E-state index in [-0.39, 0.29) is 11.5 Å². The zero-order chi connectivity index (χ0) is 18.4. The minimum atomic E-state index is -3.94. The van der Waals surface area contributed by atoms with Gasteiger partial charge in [0.2, 0.25) is 10.0 Å². The number of esters is 1. The van der Waals surface area contributed by atoms with E-state index in [4.69, 9.17) is 4.74 Å². The summed E-state index contributed by atoms with van der Waals surface area (Å²) in [5.41, 5.74) is 1.38. The molecular weight excluding hydrogens is 342 g/mol. The molecule has 7 heteroatoms. The number of sulfonamides is 1. The summed E-state index contributed by atoms with van der Waals surface area (Å²) in [7, 11) is -3.94. The highest BCUT2D eigenvalue weighted by Crippen LogP contribution is 2.22. The van der Waals surface area contributed by atoms with E-state index in [1.54, 1.807) is 49.4 Å². The van der Waals surface area contributed by atoms with E-state index < -0.39 is 28.1 Å². The van der Waals surface area contributed by atoms with Crippen molar-refractivity contribution < 1.29 is 23.1 Å². The number of aliphatic hydroxyl groups is 1. The number of aryl methyl sites for hydroxylation is 1.